The molecule has 1 aliphatic rings. The lowest BCUT2D eigenvalue weighted by molar-refractivity contribution is 0.114. The van der Waals surface area contributed by atoms with Gasteiger partial charge >= 0.3 is 0 Å². The number of benzene rings is 1. The average Bonchev–Trinajstić information content (AvgIpc) is 2.98. The molecule has 0 radical (unpaired) electrons. The van der Waals surface area contributed by atoms with Crippen LogP contribution in [-0.2, 0) is 6.54 Å². The molecule has 1 aliphatic heterocycles. The predicted molar refractivity (Wildman–Crippen MR) is 96.4 cm³/mol. The fraction of sp³-hybridized carbons (Fsp3) is 0.471. The standard InChI is InChI=1S/C17H23N3S.ClH/c1-13-7-8-20(16(9-13)10-18)11-15-12-21-17(19-15)14-5-3-2-4-6-14;/h2-6,12-13,16H,7-11,18H2,1H3;1H. The summed E-state index contributed by atoms with van der Waals surface area (Å²) >= 11 is 1.73. The van der Waals surface area contributed by atoms with E-state index in [0.717, 1.165) is 30.6 Å². The van der Waals surface area contributed by atoms with Crippen LogP contribution in [0.3, 0.4) is 0 Å². The Labute approximate surface area is 143 Å². The highest BCUT2D eigenvalue weighted by Gasteiger charge is 2.25. The van der Waals surface area contributed by atoms with Gasteiger partial charge in [-0.1, -0.05) is 37.3 Å². The molecule has 1 aromatic heterocycles. The van der Waals surface area contributed by atoms with E-state index >= 15 is 0 Å². The number of hydrogen-bond acceptors (Lipinski definition) is 4. The first kappa shape index (κ1) is 17.4. The van der Waals surface area contributed by atoms with Crippen LogP contribution in [0.2, 0.25) is 0 Å². The van der Waals surface area contributed by atoms with E-state index in [1.807, 2.05) is 6.07 Å². The summed E-state index contributed by atoms with van der Waals surface area (Å²) in [5.74, 6) is 0.796. The molecule has 1 saturated heterocycles. The number of nitrogens with two attached hydrogens (primary N) is 1. The number of piperidine rings is 1. The first-order valence-electron chi connectivity index (χ1n) is 7.70. The SMILES string of the molecule is CC1CCN(Cc2csc(-c3ccccc3)n2)C(CN)C1.Cl. The van der Waals surface area contributed by atoms with Crippen molar-refractivity contribution in [1.29, 1.82) is 0 Å². The minimum Gasteiger partial charge on any atom is -0.329 e. The smallest absolute Gasteiger partial charge is 0.123 e. The predicted octanol–water partition coefficient (Wildman–Crippen LogP) is 3.79. The maximum atomic E-state index is 5.95. The van der Waals surface area contributed by atoms with Gasteiger partial charge in [-0.2, -0.15) is 0 Å². The molecule has 2 aromatic rings. The van der Waals surface area contributed by atoms with Crippen molar-refractivity contribution in [3.63, 3.8) is 0 Å². The normalized spacial score (nSPS) is 22.3. The number of thiazole rings is 1. The zero-order valence-corrected chi connectivity index (χ0v) is 14.6. The molecule has 0 amide bonds. The summed E-state index contributed by atoms with van der Waals surface area (Å²) < 4.78 is 0. The molecule has 1 fully saturated rings. The van der Waals surface area contributed by atoms with Gasteiger partial charge in [0.15, 0.2) is 0 Å². The Morgan fingerprint density at radius 3 is 2.82 bits per heavy atom. The fourth-order valence-electron chi connectivity index (χ4n) is 3.05. The van der Waals surface area contributed by atoms with Crippen LogP contribution < -0.4 is 5.73 Å². The highest BCUT2D eigenvalue weighted by atomic mass is 35.5. The summed E-state index contributed by atoms with van der Waals surface area (Å²) in [6.07, 6.45) is 2.48. The van der Waals surface area contributed by atoms with Gasteiger partial charge in [-0.3, -0.25) is 4.90 Å². The fourth-order valence-corrected chi connectivity index (χ4v) is 3.87. The first-order chi connectivity index (χ1) is 10.3. The number of nitrogens with zero attached hydrogens (tertiary/aromatic N) is 2. The molecular weight excluding hydrogens is 314 g/mol. The van der Waals surface area contributed by atoms with E-state index in [0.29, 0.717) is 6.04 Å². The molecule has 0 aliphatic carbocycles. The Balaban J connectivity index is 0.00000176. The summed E-state index contributed by atoms with van der Waals surface area (Å²) in [7, 11) is 0. The van der Waals surface area contributed by atoms with Crippen molar-refractivity contribution in [2.24, 2.45) is 11.7 Å². The largest absolute Gasteiger partial charge is 0.329 e. The number of hydrogen-bond donors (Lipinski definition) is 1. The Bertz CT molecular complexity index is 572. The molecule has 0 spiro atoms. The number of aromatic nitrogens is 1. The number of halogens is 1. The van der Waals surface area contributed by atoms with E-state index in [-0.39, 0.29) is 12.4 Å². The molecule has 2 atom stereocenters. The van der Waals surface area contributed by atoms with Crippen molar-refractivity contribution in [3.8, 4) is 10.6 Å². The van der Waals surface area contributed by atoms with Gasteiger partial charge in [-0.05, 0) is 25.3 Å². The van der Waals surface area contributed by atoms with Crippen LogP contribution >= 0.6 is 23.7 Å². The maximum absolute atomic E-state index is 5.95. The highest BCUT2D eigenvalue weighted by Crippen LogP contribution is 2.27. The van der Waals surface area contributed by atoms with Gasteiger partial charge < -0.3 is 5.73 Å². The second kappa shape index (κ2) is 8.06. The van der Waals surface area contributed by atoms with E-state index in [2.05, 4.69) is 41.5 Å². The van der Waals surface area contributed by atoms with Gasteiger partial charge in [0.25, 0.3) is 0 Å². The molecule has 2 unspecified atom stereocenters. The lowest BCUT2D eigenvalue weighted by atomic mass is 9.92. The lowest BCUT2D eigenvalue weighted by Crippen LogP contribution is -2.45. The molecule has 22 heavy (non-hydrogen) atoms. The van der Waals surface area contributed by atoms with E-state index in [1.54, 1.807) is 11.3 Å². The molecule has 2 N–H and O–H groups in total. The molecule has 5 heteroatoms. The van der Waals surface area contributed by atoms with Crippen molar-refractivity contribution in [2.75, 3.05) is 13.1 Å². The van der Waals surface area contributed by atoms with Gasteiger partial charge in [-0.25, -0.2) is 4.98 Å². The first-order valence-corrected chi connectivity index (χ1v) is 8.58. The van der Waals surface area contributed by atoms with E-state index in [1.165, 1.54) is 24.1 Å². The minimum atomic E-state index is 0. The van der Waals surface area contributed by atoms with Crippen molar-refractivity contribution >= 4 is 23.7 Å². The second-order valence-corrected chi connectivity index (χ2v) is 6.86. The summed E-state index contributed by atoms with van der Waals surface area (Å²) in [5, 5.41) is 3.30. The van der Waals surface area contributed by atoms with Gasteiger partial charge in [0.2, 0.25) is 0 Å². The van der Waals surface area contributed by atoms with Crippen molar-refractivity contribution in [2.45, 2.75) is 32.4 Å². The summed E-state index contributed by atoms with van der Waals surface area (Å²) in [6, 6.07) is 10.9. The molecule has 0 saturated carbocycles. The van der Waals surface area contributed by atoms with Crippen LogP contribution in [0.4, 0.5) is 0 Å². The van der Waals surface area contributed by atoms with E-state index in [4.69, 9.17) is 10.7 Å². The summed E-state index contributed by atoms with van der Waals surface area (Å²) in [4.78, 5) is 7.30. The zero-order valence-electron chi connectivity index (χ0n) is 12.9. The van der Waals surface area contributed by atoms with Gasteiger partial charge in [0.1, 0.15) is 5.01 Å². The minimum absolute atomic E-state index is 0. The van der Waals surface area contributed by atoms with Gasteiger partial charge in [-0.15, -0.1) is 23.7 Å². The lowest BCUT2D eigenvalue weighted by Gasteiger charge is -2.37. The van der Waals surface area contributed by atoms with Crippen LogP contribution in [0.15, 0.2) is 35.7 Å². The van der Waals surface area contributed by atoms with Crippen LogP contribution in [-0.4, -0.2) is 29.0 Å². The summed E-state index contributed by atoms with van der Waals surface area (Å²) in [5.41, 5.74) is 8.32. The molecule has 3 rings (SSSR count). The third-order valence-electron chi connectivity index (χ3n) is 4.31. The number of likely N-dealkylation sites (tertiary alicyclic amines) is 1. The monoisotopic (exact) mass is 337 g/mol. The van der Waals surface area contributed by atoms with Crippen molar-refractivity contribution in [1.82, 2.24) is 9.88 Å². The van der Waals surface area contributed by atoms with E-state index < -0.39 is 0 Å². The maximum Gasteiger partial charge on any atom is 0.123 e. The second-order valence-electron chi connectivity index (χ2n) is 6.00. The topological polar surface area (TPSA) is 42.2 Å². The molecular formula is C17H24ClN3S. The van der Waals surface area contributed by atoms with Crippen LogP contribution in [0.1, 0.15) is 25.5 Å². The molecule has 3 nitrogen and oxygen atoms in total. The third-order valence-corrected chi connectivity index (χ3v) is 5.25. The van der Waals surface area contributed by atoms with Crippen LogP contribution in [0.25, 0.3) is 10.6 Å². The van der Waals surface area contributed by atoms with Crippen molar-refractivity contribution < 1.29 is 0 Å². The zero-order chi connectivity index (χ0) is 14.7. The van der Waals surface area contributed by atoms with Gasteiger partial charge in [0, 0.05) is 30.1 Å². The van der Waals surface area contributed by atoms with Crippen LogP contribution in [0.5, 0.6) is 0 Å². The Hall–Kier alpha value is -0.940. The molecule has 0 bridgehead atoms. The molecule has 2 heterocycles. The molecule has 120 valence electrons. The van der Waals surface area contributed by atoms with Crippen molar-refractivity contribution in [3.05, 3.63) is 41.4 Å². The third kappa shape index (κ3) is 4.07. The van der Waals surface area contributed by atoms with Crippen LogP contribution in [0, 0.1) is 5.92 Å². The Morgan fingerprint density at radius 1 is 1.32 bits per heavy atom. The van der Waals surface area contributed by atoms with Gasteiger partial charge in [0.05, 0.1) is 5.69 Å². The molecule has 1 aromatic carbocycles. The Kier molecular flexibility index (Phi) is 6.38. The average molecular weight is 338 g/mol. The van der Waals surface area contributed by atoms with E-state index in [9.17, 15) is 0 Å². The Morgan fingerprint density at radius 2 is 2.09 bits per heavy atom. The number of rotatable bonds is 4. The summed E-state index contributed by atoms with van der Waals surface area (Å²) in [6.45, 7) is 5.15. The quantitative estimate of drug-likeness (QED) is 0.922. The highest BCUT2D eigenvalue weighted by molar-refractivity contribution is 7.13.